The van der Waals surface area contributed by atoms with Crippen molar-refractivity contribution in [1.82, 2.24) is 14.9 Å². The van der Waals surface area contributed by atoms with Crippen LogP contribution in [0.25, 0.3) is 10.9 Å². The third-order valence-electron chi connectivity index (χ3n) is 4.19. The molecule has 6 heteroatoms. The van der Waals surface area contributed by atoms with Crippen LogP contribution in [0.5, 0.6) is 5.75 Å². The zero-order valence-corrected chi connectivity index (χ0v) is 14.9. The zero-order chi connectivity index (χ0) is 18.4. The van der Waals surface area contributed by atoms with Crippen molar-refractivity contribution in [3.8, 4) is 5.75 Å². The van der Waals surface area contributed by atoms with E-state index in [1.807, 2.05) is 31.2 Å². The minimum absolute atomic E-state index is 0.0300. The van der Waals surface area contributed by atoms with Crippen LogP contribution in [0.4, 0.5) is 0 Å². The summed E-state index contributed by atoms with van der Waals surface area (Å²) in [6, 6.07) is 11.9. The van der Waals surface area contributed by atoms with E-state index in [4.69, 9.17) is 10.5 Å². The summed E-state index contributed by atoms with van der Waals surface area (Å²) in [5.74, 6) is 0.480. The first kappa shape index (κ1) is 17.9. The molecule has 0 radical (unpaired) electrons. The van der Waals surface area contributed by atoms with Crippen molar-refractivity contribution in [2.45, 2.75) is 32.5 Å². The van der Waals surface area contributed by atoms with Crippen molar-refractivity contribution in [2.24, 2.45) is 5.73 Å². The summed E-state index contributed by atoms with van der Waals surface area (Å²) in [7, 11) is 0. The summed E-state index contributed by atoms with van der Waals surface area (Å²) in [6.07, 6.45) is 5.89. The number of aryl methyl sites for hydroxylation is 1. The van der Waals surface area contributed by atoms with Gasteiger partial charge in [-0.2, -0.15) is 0 Å². The van der Waals surface area contributed by atoms with Gasteiger partial charge in [0.1, 0.15) is 11.9 Å². The van der Waals surface area contributed by atoms with Crippen molar-refractivity contribution in [3.05, 3.63) is 60.6 Å². The van der Waals surface area contributed by atoms with Gasteiger partial charge in [-0.25, -0.2) is 0 Å². The summed E-state index contributed by atoms with van der Waals surface area (Å²) in [5, 5.41) is 4.63. The Balaban J connectivity index is 1.60. The number of carbonyl (C=O) groups is 1. The van der Waals surface area contributed by atoms with Crippen LogP contribution in [-0.2, 0) is 17.9 Å². The number of nitrogens with two attached hydrogens (primary N) is 1. The summed E-state index contributed by atoms with van der Waals surface area (Å²) in [6.45, 7) is 4.06. The molecule has 26 heavy (non-hydrogen) atoms. The number of para-hydroxylation sites is 1. The first-order chi connectivity index (χ1) is 12.6. The molecule has 1 unspecified atom stereocenters. The van der Waals surface area contributed by atoms with Crippen molar-refractivity contribution in [3.63, 3.8) is 0 Å². The second kappa shape index (κ2) is 8.49. The number of aromatic nitrogens is 2. The minimum atomic E-state index is -0.288. The topological polar surface area (TPSA) is 82.2 Å². The highest BCUT2D eigenvalue weighted by atomic mass is 16.5. The Morgan fingerprint density at radius 1 is 1.31 bits per heavy atom. The van der Waals surface area contributed by atoms with Gasteiger partial charge in [-0.05, 0) is 30.7 Å². The lowest BCUT2D eigenvalue weighted by atomic mass is 10.2. The summed E-state index contributed by atoms with van der Waals surface area (Å²) in [4.78, 5) is 15.1. The Kier molecular flexibility index (Phi) is 5.86. The van der Waals surface area contributed by atoms with Crippen LogP contribution < -0.4 is 15.8 Å². The highest BCUT2D eigenvalue weighted by Gasteiger charge is 2.10. The van der Waals surface area contributed by atoms with Crippen LogP contribution in [0.1, 0.15) is 18.9 Å². The van der Waals surface area contributed by atoms with E-state index in [0.29, 0.717) is 13.0 Å². The molecule has 1 aromatic carbocycles. The smallest absolute Gasteiger partial charge is 0.219 e. The highest BCUT2D eigenvalue weighted by molar-refractivity contribution is 5.84. The van der Waals surface area contributed by atoms with E-state index in [1.165, 1.54) is 10.9 Å². The molecule has 0 aliphatic rings. The third-order valence-corrected chi connectivity index (χ3v) is 4.19. The van der Waals surface area contributed by atoms with E-state index in [0.717, 1.165) is 24.4 Å². The Morgan fingerprint density at radius 3 is 2.92 bits per heavy atom. The quantitative estimate of drug-likeness (QED) is 0.620. The van der Waals surface area contributed by atoms with Gasteiger partial charge in [0.15, 0.2) is 0 Å². The fourth-order valence-corrected chi connectivity index (χ4v) is 2.98. The first-order valence-corrected chi connectivity index (χ1v) is 8.76. The van der Waals surface area contributed by atoms with E-state index in [1.54, 1.807) is 12.4 Å². The molecule has 3 N–H and O–H groups in total. The number of fused-ring (bicyclic) bond motifs is 1. The molecule has 0 bridgehead atoms. The normalized spacial score (nSPS) is 12.2. The molecule has 1 amide bonds. The van der Waals surface area contributed by atoms with Gasteiger partial charge in [-0.1, -0.05) is 18.2 Å². The summed E-state index contributed by atoms with van der Waals surface area (Å²) < 4.78 is 7.92. The molecule has 1 atom stereocenters. The lowest BCUT2D eigenvalue weighted by Gasteiger charge is -2.15. The first-order valence-electron chi connectivity index (χ1n) is 8.76. The summed E-state index contributed by atoms with van der Waals surface area (Å²) >= 11 is 0. The molecule has 0 aliphatic heterocycles. The van der Waals surface area contributed by atoms with Gasteiger partial charge in [-0.15, -0.1) is 0 Å². The molecule has 3 aromatic rings. The molecule has 0 spiro atoms. The Morgan fingerprint density at radius 2 is 2.15 bits per heavy atom. The van der Waals surface area contributed by atoms with Crippen LogP contribution in [-0.4, -0.2) is 28.1 Å². The van der Waals surface area contributed by atoms with Gasteiger partial charge in [0, 0.05) is 49.4 Å². The van der Waals surface area contributed by atoms with E-state index in [9.17, 15) is 4.79 Å². The van der Waals surface area contributed by atoms with Gasteiger partial charge < -0.3 is 20.4 Å². The third kappa shape index (κ3) is 4.61. The molecule has 0 saturated heterocycles. The number of ether oxygens (including phenoxy) is 1. The van der Waals surface area contributed by atoms with E-state index in [2.05, 4.69) is 33.2 Å². The largest absolute Gasteiger partial charge is 0.488 e. The fourth-order valence-electron chi connectivity index (χ4n) is 2.98. The number of hydrogen-bond acceptors (Lipinski definition) is 4. The Bertz CT molecular complexity index is 861. The predicted octanol–water partition coefficient (Wildman–Crippen LogP) is 2.47. The second-order valence-electron chi connectivity index (χ2n) is 6.33. The lowest BCUT2D eigenvalue weighted by molar-refractivity contribution is -0.118. The second-order valence-corrected chi connectivity index (χ2v) is 6.33. The standard InChI is InChI=1S/C20H24N4O2/c1-15(26-17-5-4-9-22-13-17)11-23-12-16-14-24(10-8-20(21)25)19-7-3-2-6-18(16)19/h2-7,9,13-15,23H,8,10-12H2,1H3,(H2,21,25). The molecule has 0 saturated carbocycles. The van der Waals surface area contributed by atoms with Gasteiger partial charge in [0.25, 0.3) is 0 Å². The van der Waals surface area contributed by atoms with Gasteiger partial charge in [-0.3, -0.25) is 9.78 Å². The molecule has 2 heterocycles. The molecular weight excluding hydrogens is 328 g/mol. The molecule has 3 rings (SSSR count). The van der Waals surface area contributed by atoms with Crippen molar-refractivity contribution in [2.75, 3.05) is 6.54 Å². The zero-order valence-electron chi connectivity index (χ0n) is 14.9. The predicted molar refractivity (Wildman–Crippen MR) is 102 cm³/mol. The van der Waals surface area contributed by atoms with Crippen molar-refractivity contribution < 1.29 is 9.53 Å². The molecule has 0 fully saturated rings. The van der Waals surface area contributed by atoms with E-state index >= 15 is 0 Å². The maximum atomic E-state index is 11.1. The Labute approximate surface area is 153 Å². The number of primary amides is 1. The van der Waals surface area contributed by atoms with Gasteiger partial charge >= 0.3 is 0 Å². The number of rotatable bonds is 9. The Hall–Kier alpha value is -2.86. The maximum Gasteiger partial charge on any atom is 0.219 e. The van der Waals surface area contributed by atoms with Crippen LogP contribution in [0.3, 0.4) is 0 Å². The summed E-state index contributed by atoms with van der Waals surface area (Å²) in [5.41, 5.74) is 7.59. The lowest BCUT2D eigenvalue weighted by Crippen LogP contribution is -2.28. The number of pyridine rings is 1. The van der Waals surface area contributed by atoms with Crippen LogP contribution in [0.2, 0.25) is 0 Å². The number of nitrogens with zero attached hydrogens (tertiary/aromatic N) is 2. The minimum Gasteiger partial charge on any atom is -0.488 e. The van der Waals surface area contributed by atoms with Crippen LogP contribution >= 0.6 is 0 Å². The average Bonchev–Trinajstić information content (AvgIpc) is 2.99. The number of amides is 1. The average molecular weight is 352 g/mol. The molecular formula is C20H24N4O2. The maximum absolute atomic E-state index is 11.1. The van der Waals surface area contributed by atoms with Crippen LogP contribution in [0.15, 0.2) is 55.0 Å². The number of hydrogen-bond donors (Lipinski definition) is 2. The molecule has 2 aromatic heterocycles. The van der Waals surface area contributed by atoms with Crippen LogP contribution in [0, 0.1) is 0 Å². The molecule has 136 valence electrons. The van der Waals surface area contributed by atoms with Crippen molar-refractivity contribution in [1.29, 1.82) is 0 Å². The fraction of sp³-hybridized carbons (Fsp3) is 0.300. The molecule has 6 nitrogen and oxygen atoms in total. The number of nitrogens with one attached hydrogen (secondary N) is 1. The monoisotopic (exact) mass is 352 g/mol. The number of carbonyl (C=O) groups excluding carboxylic acids is 1. The number of benzene rings is 1. The van der Waals surface area contributed by atoms with E-state index in [-0.39, 0.29) is 12.0 Å². The van der Waals surface area contributed by atoms with Gasteiger partial charge in [0.2, 0.25) is 5.91 Å². The SMILES string of the molecule is CC(CNCc1cn(CCC(N)=O)c2ccccc12)Oc1cccnc1. The van der Waals surface area contributed by atoms with Gasteiger partial charge in [0.05, 0.1) is 6.20 Å². The molecule has 0 aliphatic carbocycles. The van der Waals surface area contributed by atoms with E-state index < -0.39 is 0 Å². The van der Waals surface area contributed by atoms with Crippen molar-refractivity contribution >= 4 is 16.8 Å². The highest BCUT2D eigenvalue weighted by Crippen LogP contribution is 2.21.